The van der Waals surface area contributed by atoms with E-state index in [2.05, 4.69) is 28.7 Å². The van der Waals surface area contributed by atoms with Crippen molar-refractivity contribution in [3.63, 3.8) is 0 Å². The molecule has 0 aromatic heterocycles. The summed E-state index contributed by atoms with van der Waals surface area (Å²) in [4.78, 5) is 0. The second-order valence-electron chi connectivity index (χ2n) is 4.26. The third-order valence-electron chi connectivity index (χ3n) is 2.84. The second-order valence-corrected chi connectivity index (χ2v) is 4.26. The highest BCUT2D eigenvalue weighted by atomic mass is 16.4. The fourth-order valence-corrected chi connectivity index (χ4v) is 1.88. The van der Waals surface area contributed by atoms with Crippen molar-refractivity contribution in [2.24, 2.45) is 10.9 Å². The number of nitrogens with one attached hydrogen (secondary N) is 1. The van der Waals surface area contributed by atoms with Gasteiger partial charge in [0.2, 0.25) is 0 Å². The molecule has 0 spiro atoms. The summed E-state index contributed by atoms with van der Waals surface area (Å²) in [5, 5.41) is 14.7. The fraction of sp³-hybridized carbons (Fsp3) is 0.133. The van der Waals surface area contributed by atoms with Gasteiger partial charge in [0.25, 0.3) is 0 Å². The molecule has 0 aliphatic rings. The molecule has 4 heteroatoms. The molecule has 0 aliphatic heterocycles. The number of rotatable bonds is 5. The van der Waals surface area contributed by atoms with Gasteiger partial charge < -0.3 is 16.3 Å². The maximum Gasteiger partial charge on any atom is 0.158 e. The third kappa shape index (κ3) is 3.74. The molecule has 0 radical (unpaired) electrons. The number of oxime groups is 1. The largest absolute Gasteiger partial charge is 0.409 e. The van der Waals surface area contributed by atoms with E-state index >= 15 is 0 Å². The zero-order chi connectivity index (χ0) is 13.5. The van der Waals surface area contributed by atoms with Gasteiger partial charge in [0.15, 0.2) is 5.84 Å². The van der Waals surface area contributed by atoms with Gasteiger partial charge in [-0.05, 0) is 23.6 Å². The minimum atomic E-state index is 0.162. The maximum absolute atomic E-state index is 8.54. The lowest BCUT2D eigenvalue weighted by Crippen LogP contribution is -2.22. The summed E-state index contributed by atoms with van der Waals surface area (Å²) >= 11 is 0. The van der Waals surface area contributed by atoms with Gasteiger partial charge in [0, 0.05) is 5.69 Å². The molecule has 0 aliphatic carbocycles. The van der Waals surface area contributed by atoms with E-state index in [1.807, 2.05) is 36.4 Å². The summed E-state index contributed by atoms with van der Waals surface area (Å²) in [7, 11) is 0. The predicted molar refractivity (Wildman–Crippen MR) is 77.6 cm³/mol. The van der Waals surface area contributed by atoms with Gasteiger partial charge in [-0.3, -0.25) is 0 Å². The van der Waals surface area contributed by atoms with Gasteiger partial charge in [-0.1, -0.05) is 53.7 Å². The van der Waals surface area contributed by atoms with Crippen molar-refractivity contribution in [1.29, 1.82) is 0 Å². The number of nitrogens with two attached hydrogens (primary N) is 1. The summed E-state index contributed by atoms with van der Waals surface area (Å²) in [6, 6.07) is 18.3. The fourth-order valence-electron chi connectivity index (χ4n) is 1.88. The number of benzene rings is 2. The molecule has 0 saturated heterocycles. The van der Waals surface area contributed by atoms with E-state index in [9.17, 15) is 0 Å². The van der Waals surface area contributed by atoms with Crippen LogP contribution in [-0.2, 0) is 6.42 Å². The molecule has 2 aromatic rings. The first-order valence-corrected chi connectivity index (χ1v) is 6.11. The van der Waals surface area contributed by atoms with Crippen molar-refractivity contribution in [2.45, 2.75) is 6.42 Å². The number of amidine groups is 1. The topological polar surface area (TPSA) is 70.6 Å². The average molecular weight is 255 g/mol. The van der Waals surface area contributed by atoms with Crippen LogP contribution in [0.1, 0.15) is 11.1 Å². The van der Waals surface area contributed by atoms with E-state index in [-0.39, 0.29) is 5.84 Å². The van der Waals surface area contributed by atoms with Crippen molar-refractivity contribution >= 4 is 11.5 Å². The van der Waals surface area contributed by atoms with E-state index in [0.717, 1.165) is 12.1 Å². The lowest BCUT2D eigenvalue weighted by Gasteiger charge is -2.11. The maximum atomic E-state index is 8.54. The minimum Gasteiger partial charge on any atom is -0.409 e. The van der Waals surface area contributed by atoms with Crippen LogP contribution in [-0.4, -0.2) is 17.6 Å². The Kier molecular flexibility index (Phi) is 4.39. The number of hydrogen-bond donors (Lipinski definition) is 3. The Balaban J connectivity index is 2.12. The summed E-state index contributed by atoms with van der Waals surface area (Å²) < 4.78 is 0. The molecular formula is C15H17N3O. The molecule has 0 bridgehead atoms. The average Bonchev–Trinajstić information content (AvgIpc) is 2.47. The van der Waals surface area contributed by atoms with Gasteiger partial charge in [0.1, 0.15) is 0 Å². The van der Waals surface area contributed by atoms with Crippen LogP contribution < -0.4 is 11.1 Å². The van der Waals surface area contributed by atoms with Crippen molar-refractivity contribution in [3.8, 4) is 0 Å². The Bertz CT molecular complexity index is 552. The molecule has 2 aromatic carbocycles. The van der Waals surface area contributed by atoms with Crippen molar-refractivity contribution < 1.29 is 5.21 Å². The quantitative estimate of drug-likeness (QED) is 0.332. The van der Waals surface area contributed by atoms with E-state index in [1.54, 1.807) is 0 Å². The normalized spacial score (nSPS) is 11.3. The van der Waals surface area contributed by atoms with E-state index in [1.165, 1.54) is 11.1 Å². The van der Waals surface area contributed by atoms with Crippen LogP contribution in [0.5, 0.6) is 0 Å². The van der Waals surface area contributed by atoms with Crippen molar-refractivity contribution in [1.82, 2.24) is 0 Å². The molecule has 0 unspecified atom stereocenters. The molecule has 0 fully saturated rings. The molecule has 19 heavy (non-hydrogen) atoms. The molecule has 0 saturated carbocycles. The number of nitrogens with zero attached hydrogens (tertiary/aromatic N) is 1. The first kappa shape index (κ1) is 13.0. The van der Waals surface area contributed by atoms with Crippen LogP contribution in [0.4, 0.5) is 5.69 Å². The highest BCUT2D eigenvalue weighted by Gasteiger charge is 2.03. The number of hydrogen-bond acceptors (Lipinski definition) is 3. The highest BCUT2D eigenvalue weighted by molar-refractivity contribution is 5.84. The van der Waals surface area contributed by atoms with Crippen LogP contribution in [0.25, 0.3) is 0 Å². The summed E-state index contributed by atoms with van der Waals surface area (Å²) in [5.74, 6) is 0.162. The van der Waals surface area contributed by atoms with E-state index in [0.29, 0.717) is 6.54 Å². The Morgan fingerprint density at radius 3 is 2.47 bits per heavy atom. The Hall–Kier alpha value is -2.49. The molecule has 4 nitrogen and oxygen atoms in total. The van der Waals surface area contributed by atoms with Gasteiger partial charge in [-0.25, -0.2) is 0 Å². The molecule has 4 N–H and O–H groups in total. The van der Waals surface area contributed by atoms with Gasteiger partial charge in [0.05, 0.1) is 6.54 Å². The number of para-hydroxylation sites is 1. The van der Waals surface area contributed by atoms with Crippen molar-refractivity contribution in [3.05, 3.63) is 65.7 Å². The van der Waals surface area contributed by atoms with E-state index in [4.69, 9.17) is 10.9 Å². The van der Waals surface area contributed by atoms with Crippen LogP contribution in [0, 0.1) is 0 Å². The van der Waals surface area contributed by atoms with Crippen LogP contribution >= 0.6 is 0 Å². The molecule has 0 amide bonds. The smallest absolute Gasteiger partial charge is 0.158 e. The lowest BCUT2D eigenvalue weighted by molar-refractivity contribution is 0.317. The second kappa shape index (κ2) is 6.44. The van der Waals surface area contributed by atoms with Gasteiger partial charge in [-0.2, -0.15) is 0 Å². The monoisotopic (exact) mass is 255 g/mol. The zero-order valence-electron chi connectivity index (χ0n) is 10.6. The first-order chi connectivity index (χ1) is 9.29. The molecular weight excluding hydrogens is 238 g/mol. The predicted octanol–water partition coefficient (Wildman–Crippen LogP) is 2.44. The van der Waals surface area contributed by atoms with Gasteiger partial charge >= 0.3 is 0 Å². The standard InChI is InChI=1S/C15H17N3O/c16-15(18-19)11-17-14-9-5-4-8-13(14)10-12-6-2-1-3-7-12/h1-9,17,19H,10-11H2,(H2,16,18). The summed E-state index contributed by atoms with van der Waals surface area (Å²) in [6.45, 7) is 0.322. The molecule has 98 valence electrons. The molecule has 0 heterocycles. The SMILES string of the molecule is NC(CNc1ccccc1Cc1ccccc1)=NO. The lowest BCUT2D eigenvalue weighted by atomic mass is 10.0. The molecule has 0 atom stereocenters. The zero-order valence-corrected chi connectivity index (χ0v) is 10.6. The Morgan fingerprint density at radius 2 is 1.74 bits per heavy atom. The van der Waals surface area contributed by atoms with Gasteiger partial charge in [-0.15, -0.1) is 0 Å². The molecule has 2 rings (SSSR count). The summed E-state index contributed by atoms with van der Waals surface area (Å²) in [5.41, 5.74) is 8.89. The highest BCUT2D eigenvalue weighted by Crippen LogP contribution is 2.18. The van der Waals surface area contributed by atoms with Crippen LogP contribution in [0.3, 0.4) is 0 Å². The first-order valence-electron chi connectivity index (χ1n) is 6.11. The summed E-state index contributed by atoms with van der Waals surface area (Å²) in [6.07, 6.45) is 0.847. The minimum absolute atomic E-state index is 0.162. The Labute approximate surface area is 112 Å². The Morgan fingerprint density at radius 1 is 1.05 bits per heavy atom. The van der Waals surface area contributed by atoms with Crippen LogP contribution in [0.15, 0.2) is 59.8 Å². The van der Waals surface area contributed by atoms with Crippen LogP contribution in [0.2, 0.25) is 0 Å². The number of anilines is 1. The third-order valence-corrected chi connectivity index (χ3v) is 2.84. The van der Waals surface area contributed by atoms with Crippen molar-refractivity contribution in [2.75, 3.05) is 11.9 Å². The van der Waals surface area contributed by atoms with E-state index < -0.39 is 0 Å².